The van der Waals surface area contributed by atoms with Crippen molar-refractivity contribution in [2.75, 3.05) is 24.3 Å². The summed E-state index contributed by atoms with van der Waals surface area (Å²) in [5.41, 5.74) is -0.181. The fourth-order valence-corrected chi connectivity index (χ4v) is 1.54. The third-order valence-electron chi connectivity index (χ3n) is 2.55. The maximum Gasteiger partial charge on any atom is 0.132 e. The van der Waals surface area contributed by atoms with Crippen molar-refractivity contribution in [3.8, 4) is 0 Å². The predicted octanol–water partition coefficient (Wildman–Crippen LogP) is 1.65. The molecule has 0 spiro atoms. The number of aryl methyl sites for hydroxylation is 1. The van der Waals surface area contributed by atoms with Crippen LogP contribution in [-0.4, -0.2) is 34.3 Å². The molecule has 3 N–H and O–H groups in total. The molecule has 1 rings (SSSR count). The minimum atomic E-state index is -0.181. The molecule has 96 valence electrons. The molecule has 0 aliphatic carbocycles. The van der Waals surface area contributed by atoms with Crippen LogP contribution in [-0.2, 0) is 6.42 Å². The first-order chi connectivity index (χ1) is 8.00. The van der Waals surface area contributed by atoms with Gasteiger partial charge < -0.3 is 15.7 Å². The Hall–Kier alpha value is -1.36. The summed E-state index contributed by atoms with van der Waals surface area (Å²) < 4.78 is 0. The highest BCUT2D eigenvalue weighted by Gasteiger charge is 2.17. The molecular formula is C12H22N4O. The number of aromatic nitrogens is 2. The van der Waals surface area contributed by atoms with E-state index in [1.54, 1.807) is 0 Å². The summed E-state index contributed by atoms with van der Waals surface area (Å²) in [4.78, 5) is 8.76. The maximum absolute atomic E-state index is 9.00. The van der Waals surface area contributed by atoms with Crippen molar-refractivity contribution in [1.29, 1.82) is 0 Å². The highest BCUT2D eigenvalue weighted by Crippen LogP contribution is 2.18. The van der Waals surface area contributed by atoms with Gasteiger partial charge in [0.25, 0.3) is 0 Å². The molecule has 0 saturated heterocycles. The molecule has 0 atom stereocenters. The van der Waals surface area contributed by atoms with Gasteiger partial charge in [-0.05, 0) is 20.3 Å². The topological polar surface area (TPSA) is 70.1 Å². The second-order valence-corrected chi connectivity index (χ2v) is 4.64. The standard InChI is InChI=1S/C12H22N4O/c1-5-9-14-10(13-4)8-11(15-9)16-12(2,3)6-7-17/h8,17H,5-7H2,1-4H3,(H2,13,14,15,16). The lowest BCUT2D eigenvalue weighted by Crippen LogP contribution is -2.32. The van der Waals surface area contributed by atoms with E-state index >= 15 is 0 Å². The highest BCUT2D eigenvalue weighted by atomic mass is 16.3. The molecule has 0 aromatic carbocycles. The number of nitrogens with zero attached hydrogens (tertiary/aromatic N) is 2. The van der Waals surface area contributed by atoms with Crippen LogP contribution in [0.4, 0.5) is 11.6 Å². The Balaban J connectivity index is 2.89. The van der Waals surface area contributed by atoms with Crippen molar-refractivity contribution in [2.24, 2.45) is 0 Å². The van der Waals surface area contributed by atoms with Crippen molar-refractivity contribution >= 4 is 11.6 Å². The second kappa shape index (κ2) is 5.82. The number of hydrogen-bond donors (Lipinski definition) is 3. The lowest BCUT2D eigenvalue weighted by atomic mass is 10.0. The lowest BCUT2D eigenvalue weighted by Gasteiger charge is -2.26. The number of anilines is 2. The van der Waals surface area contributed by atoms with E-state index in [2.05, 4.69) is 20.6 Å². The summed E-state index contributed by atoms with van der Waals surface area (Å²) in [6, 6.07) is 1.87. The fraction of sp³-hybridized carbons (Fsp3) is 0.667. The van der Waals surface area contributed by atoms with E-state index in [0.29, 0.717) is 6.42 Å². The molecular weight excluding hydrogens is 216 g/mol. The maximum atomic E-state index is 9.00. The van der Waals surface area contributed by atoms with E-state index in [1.807, 2.05) is 33.9 Å². The monoisotopic (exact) mass is 238 g/mol. The molecule has 5 heteroatoms. The van der Waals surface area contributed by atoms with Crippen LogP contribution in [0.3, 0.4) is 0 Å². The average Bonchev–Trinajstić information content (AvgIpc) is 2.27. The van der Waals surface area contributed by atoms with Crippen LogP contribution in [0.25, 0.3) is 0 Å². The number of aliphatic hydroxyl groups excluding tert-OH is 1. The second-order valence-electron chi connectivity index (χ2n) is 4.64. The van der Waals surface area contributed by atoms with E-state index in [-0.39, 0.29) is 12.1 Å². The zero-order valence-corrected chi connectivity index (χ0v) is 11.0. The van der Waals surface area contributed by atoms with Gasteiger partial charge >= 0.3 is 0 Å². The van der Waals surface area contributed by atoms with E-state index in [1.165, 1.54) is 0 Å². The SMILES string of the molecule is CCc1nc(NC)cc(NC(C)(C)CCO)n1. The Labute approximate surface area is 103 Å². The first-order valence-corrected chi connectivity index (χ1v) is 5.95. The zero-order chi connectivity index (χ0) is 12.9. The van der Waals surface area contributed by atoms with Gasteiger partial charge in [0.2, 0.25) is 0 Å². The molecule has 1 aromatic heterocycles. The Kier molecular flexibility index (Phi) is 4.69. The third-order valence-corrected chi connectivity index (χ3v) is 2.55. The van der Waals surface area contributed by atoms with Gasteiger partial charge in [-0.25, -0.2) is 9.97 Å². The minimum Gasteiger partial charge on any atom is -0.396 e. The van der Waals surface area contributed by atoms with E-state index in [4.69, 9.17) is 5.11 Å². The Morgan fingerprint density at radius 2 is 1.94 bits per heavy atom. The van der Waals surface area contributed by atoms with Crippen molar-refractivity contribution in [3.63, 3.8) is 0 Å². The summed E-state index contributed by atoms with van der Waals surface area (Å²) in [5, 5.41) is 15.3. The van der Waals surface area contributed by atoms with Gasteiger partial charge in [0, 0.05) is 31.7 Å². The first kappa shape index (κ1) is 13.7. The van der Waals surface area contributed by atoms with Gasteiger partial charge in [-0.15, -0.1) is 0 Å². The number of hydrogen-bond acceptors (Lipinski definition) is 5. The lowest BCUT2D eigenvalue weighted by molar-refractivity contribution is 0.260. The molecule has 0 bridgehead atoms. The third kappa shape index (κ3) is 4.19. The predicted molar refractivity (Wildman–Crippen MR) is 70.4 cm³/mol. The summed E-state index contributed by atoms with van der Waals surface area (Å²) in [6.45, 7) is 6.26. The minimum absolute atomic E-state index is 0.157. The van der Waals surface area contributed by atoms with Crippen molar-refractivity contribution in [2.45, 2.75) is 39.2 Å². The molecule has 0 amide bonds. The molecule has 5 nitrogen and oxygen atoms in total. The number of rotatable bonds is 6. The molecule has 0 unspecified atom stereocenters. The van der Waals surface area contributed by atoms with Crippen LogP contribution >= 0.6 is 0 Å². The Morgan fingerprint density at radius 3 is 2.47 bits per heavy atom. The van der Waals surface area contributed by atoms with Crippen molar-refractivity contribution in [1.82, 2.24) is 9.97 Å². The van der Waals surface area contributed by atoms with Gasteiger partial charge in [0.05, 0.1) is 0 Å². The van der Waals surface area contributed by atoms with E-state index in [9.17, 15) is 0 Å². The van der Waals surface area contributed by atoms with Gasteiger partial charge in [0.1, 0.15) is 17.5 Å². The molecule has 0 aliphatic rings. The van der Waals surface area contributed by atoms with E-state index in [0.717, 1.165) is 23.9 Å². The molecule has 0 saturated carbocycles. The quantitative estimate of drug-likeness (QED) is 0.703. The summed E-state index contributed by atoms with van der Waals surface area (Å²) in [7, 11) is 1.84. The van der Waals surface area contributed by atoms with Crippen LogP contribution in [0.2, 0.25) is 0 Å². The van der Waals surface area contributed by atoms with Crippen LogP contribution in [0.5, 0.6) is 0 Å². The Morgan fingerprint density at radius 1 is 1.29 bits per heavy atom. The van der Waals surface area contributed by atoms with Gasteiger partial charge in [0.15, 0.2) is 0 Å². The molecule has 1 aromatic rings. The van der Waals surface area contributed by atoms with Crippen LogP contribution in [0, 0.1) is 0 Å². The van der Waals surface area contributed by atoms with Gasteiger partial charge in [-0.1, -0.05) is 6.92 Å². The molecule has 0 radical (unpaired) electrons. The molecule has 0 aliphatic heterocycles. The van der Waals surface area contributed by atoms with Crippen LogP contribution in [0.1, 0.15) is 33.0 Å². The van der Waals surface area contributed by atoms with Crippen molar-refractivity contribution in [3.05, 3.63) is 11.9 Å². The molecule has 0 fully saturated rings. The summed E-state index contributed by atoms with van der Waals surface area (Å²) >= 11 is 0. The zero-order valence-electron chi connectivity index (χ0n) is 11.0. The first-order valence-electron chi connectivity index (χ1n) is 5.95. The van der Waals surface area contributed by atoms with Gasteiger partial charge in [-0.2, -0.15) is 0 Å². The molecule has 17 heavy (non-hydrogen) atoms. The smallest absolute Gasteiger partial charge is 0.132 e. The highest BCUT2D eigenvalue weighted by molar-refractivity contribution is 5.48. The number of aliphatic hydroxyl groups is 1. The summed E-state index contributed by atoms with van der Waals surface area (Å²) in [6.07, 6.45) is 1.47. The Bertz CT molecular complexity index is 343. The normalized spacial score (nSPS) is 11.4. The largest absolute Gasteiger partial charge is 0.396 e. The molecule has 1 heterocycles. The van der Waals surface area contributed by atoms with Crippen molar-refractivity contribution < 1.29 is 5.11 Å². The van der Waals surface area contributed by atoms with Gasteiger partial charge in [-0.3, -0.25) is 0 Å². The van der Waals surface area contributed by atoms with Crippen LogP contribution < -0.4 is 10.6 Å². The fourth-order valence-electron chi connectivity index (χ4n) is 1.54. The summed E-state index contributed by atoms with van der Waals surface area (Å²) in [5.74, 6) is 2.40. The van der Waals surface area contributed by atoms with Crippen LogP contribution in [0.15, 0.2) is 6.07 Å². The average molecular weight is 238 g/mol. The number of nitrogens with one attached hydrogen (secondary N) is 2. The van der Waals surface area contributed by atoms with E-state index < -0.39 is 0 Å².